The first kappa shape index (κ1) is 15.2. The van der Waals surface area contributed by atoms with E-state index in [1.807, 2.05) is 21.6 Å². The zero-order valence-electron chi connectivity index (χ0n) is 13.1. The lowest BCUT2D eigenvalue weighted by molar-refractivity contribution is -0.166. The van der Waals surface area contributed by atoms with Gasteiger partial charge in [0.2, 0.25) is 11.8 Å². The molecule has 0 N–H and O–H groups in total. The van der Waals surface area contributed by atoms with Crippen LogP contribution in [-0.4, -0.2) is 58.3 Å². The highest BCUT2D eigenvalue weighted by Crippen LogP contribution is 2.32. The van der Waals surface area contributed by atoms with Gasteiger partial charge in [0.05, 0.1) is 0 Å². The van der Waals surface area contributed by atoms with Gasteiger partial charge >= 0.3 is 0 Å². The molecule has 2 amide bonds. The molecule has 0 aromatic heterocycles. The molecular formula is C16H26N2O2S. The van der Waals surface area contributed by atoms with Gasteiger partial charge in [0.1, 0.15) is 12.1 Å². The minimum Gasteiger partial charge on any atom is -0.329 e. The predicted molar refractivity (Wildman–Crippen MR) is 85.1 cm³/mol. The van der Waals surface area contributed by atoms with Crippen LogP contribution in [0.3, 0.4) is 0 Å². The molecule has 5 heteroatoms. The summed E-state index contributed by atoms with van der Waals surface area (Å²) in [6.07, 6.45) is 4.15. The molecule has 3 unspecified atom stereocenters. The van der Waals surface area contributed by atoms with E-state index < -0.39 is 0 Å². The minimum absolute atomic E-state index is 0.171. The van der Waals surface area contributed by atoms with Crippen molar-refractivity contribution < 1.29 is 9.59 Å². The molecule has 21 heavy (non-hydrogen) atoms. The number of piperazine rings is 1. The first-order valence-electron chi connectivity index (χ1n) is 8.28. The molecule has 3 aliphatic rings. The lowest BCUT2D eigenvalue weighted by Gasteiger charge is -2.48. The van der Waals surface area contributed by atoms with Crippen molar-refractivity contribution in [2.75, 3.05) is 24.6 Å². The first-order chi connectivity index (χ1) is 10.1. The van der Waals surface area contributed by atoms with Gasteiger partial charge in [0.15, 0.2) is 0 Å². The second-order valence-electron chi connectivity index (χ2n) is 6.95. The molecule has 3 heterocycles. The minimum atomic E-state index is -0.238. The third-order valence-electron chi connectivity index (χ3n) is 5.05. The molecule has 118 valence electrons. The molecule has 0 bridgehead atoms. The number of nitrogens with zero attached hydrogens (tertiary/aromatic N) is 2. The van der Waals surface area contributed by atoms with Crippen LogP contribution in [0.2, 0.25) is 0 Å². The summed E-state index contributed by atoms with van der Waals surface area (Å²) in [6, 6.07) is -0.409. The largest absolute Gasteiger partial charge is 0.329 e. The van der Waals surface area contributed by atoms with Crippen LogP contribution in [0.15, 0.2) is 0 Å². The Bertz CT molecular complexity index is 421. The van der Waals surface area contributed by atoms with E-state index in [1.165, 1.54) is 12.2 Å². The van der Waals surface area contributed by atoms with Crippen LogP contribution in [0.1, 0.15) is 39.5 Å². The van der Waals surface area contributed by atoms with Crippen molar-refractivity contribution in [3.05, 3.63) is 0 Å². The number of piperidine rings is 1. The van der Waals surface area contributed by atoms with E-state index in [0.29, 0.717) is 5.92 Å². The summed E-state index contributed by atoms with van der Waals surface area (Å²) in [4.78, 5) is 29.6. The van der Waals surface area contributed by atoms with E-state index in [2.05, 4.69) is 13.8 Å². The van der Waals surface area contributed by atoms with Gasteiger partial charge in [-0.15, -0.1) is 0 Å². The smallest absolute Gasteiger partial charge is 0.246 e. The van der Waals surface area contributed by atoms with Crippen LogP contribution in [0.5, 0.6) is 0 Å². The van der Waals surface area contributed by atoms with Crippen molar-refractivity contribution in [3.63, 3.8) is 0 Å². The monoisotopic (exact) mass is 310 g/mol. The number of rotatable bonds is 3. The Morgan fingerprint density at radius 1 is 1.19 bits per heavy atom. The van der Waals surface area contributed by atoms with Crippen LogP contribution in [0.25, 0.3) is 0 Å². The molecule has 0 spiro atoms. The van der Waals surface area contributed by atoms with E-state index in [4.69, 9.17) is 0 Å². The molecule has 4 nitrogen and oxygen atoms in total. The van der Waals surface area contributed by atoms with Crippen LogP contribution in [-0.2, 0) is 9.59 Å². The van der Waals surface area contributed by atoms with E-state index in [0.717, 1.165) is 38.1 Å². The van der Waals surface area contributed by atoms with Crippen molar-refractivity contribution in [1.29, 1.82) is 0 Å². The number of fused-ring (bicyclic) bond motifs is 1. The van der Waals surface area contributed by atoms with Gasteiger partial charge in [0, 0.05) is 13.1 Å². The average Bonchev–Trinajstić information content (AvgIpc) is 2.97. The van der Waals surface area contributed by atoms with Gasteiger partial charge in [-0.05, 0) is 49.0 Å². The topological polar surface area (TPSA) is 40.6 Å². The molecule has 3 saturated heterocycles. The van der Waals surface area contributed by atoms with Crippen molar-refractivity contribution >= 4 is 23.6 Å². The van der Waals surface area contributed by atoms with Gasteiger partial charge in [-0.25, -0.2) is 0 Å². The molecule has 0 aromatic carbocycles. The lowest BCUT2D eigenvalue weighted by Crippen LogP contribution is -2.67. The van der Waals surface area contributed by atoms with Crippen molar-refractivity contribution in [1.82, 2.24) is 9.80 Å². The number of hydrogen-bond donors (Lipinski definition) is 0. The standard InChI is InChI=1S/C16H26N2O2S/c1-11(2)14-16(20)17-7-4-3-5-13(17)15(19)18(14)9-12-6-8-21-10-12/h11-14H,3-10H2,1-2H3. The Labute approximate surface area is 131 Å². The Kier molecular flexibility index (Phi) is 4.48. The Balaban J connectivity index is 1.83. The van der Waals surface area contributed by atoms with Crippen LogP contribution < -0.4 is 0 Å². The Morgan fingerprint density at radius 3 is 2.67 bits per heavy atom. The maximum absolute atomic E-state index is 12.9. The third-order valence-corrected chi connectivity index (χ3v) is 6.28. The van der Waals surface area contributed by atoms with Gasteiger partial charge in [-0.2, -0.15) is 11.8 Å². The summed E-state index contributed by atoms with van der Waals surface area (Å²) in [5, 5.41) is 0. The fourth-order valence-electron chi connectivity index (χ4n) is 3.94. The van der Waals surface area contributed by atoms with Gasteiger partial charge in [-0.1, -0.05) is 13.8 Å². The quantitative estimate of drug-likeness (QED) is 0.800. The zero-order chi connectivity index (χ0) is 15.0. The average molecular weight is 310 g/mol. The highest BCUT2D eigenvalue weighted by Gasteiger charge is 2.47. The molecule has 0 aliphatic carbocycles. The van der Waals surface area contributed by atoms with E-state index >= 15 is 0 Å². The molecule has 3 atom stereocenters. The maximum Gasteiger partial charge on any atom is 0.246 e. The molecule has 3 fully saturated rings. The normalized spacial score (nSPS) is 33.8. The van der Waals surface area contributed by atoms with Crippen molar-refractivity contribution in [2.45, 2.75) is 51.6 Å². The molecular weight excluding hydrogens is 284 g/mol. The predicted octanol–water partition coefficient (Wildman–Crippen LogP) is 1.99. The Hall–Kier alpha value is -0.710. The van der Waals surface area contributed by atoms with E-state index in [-0.39, 0.29) is 29.8 Å². The van der Waals surface area contributed by atoms with Gasteiger partial charge < -0.3 is 9.80 Å². The molecule has 0 aromatic rings. The zero-order valence-corrected chi connectivity index (χ0v) is 13.9. The molecule has 3 aliphatic heterocycles. The first-order valence-corrected chi connectivity index (χ1v) is 9.43. The second-order valence-corrected chi connectivity index (χ2v) is 8.10. The maximum atomic E-state index is 12.9. The summed E-state index contributed by atoms with van der Waals surface area (Å²) in [5.74, 6) is 3.51. The SMILES string of the molecule is CC(C)C1C(=O)N2CCCCC2C(=O)N1CC1CCSC1. The fraction of sp³-hybridized carbons (Fsp3) is 0.875. The molecule has 0 radical (unpaired) electrons. The lowest BCUT2D eigenvalue weighted by atomic mass is 9.90. The fourth-order valence-corrected chi connectivity index (χ4v) is 5.21. The van der Waals surface area contributed by atoms with Gasteiger partial charge in [-0.3, -0.25) is 9.59 Å². The number of amides is 2. The van der Waals surface area contributed by atoms with E-state index in [1.54, 1.807) is 0 Å². The molecule has 3 rings (SSSR count). The van der Waals surface area contributed by atoms with E-state index in [9.17, 15) is 9.59 Å². The molecule has 0 saturated carbocycles. The number of hydrogen-bond acceptors (Lipinski definition) is 3. The van der Waals surface area contributed by atoms with Crippen molar-refractivity contribution in [3.8, 4) is 0 Å². The summed E-state index contributed by atoms with van der Waals surface area (Å²) in [7, 11) is 0. The third kappa shape index (κ3) is 2.81. The summed E-state index contributed by atoms with van der Waals surface area (Å²) in [5.41, 5.74) is 0. The number of carbonyl (C=O) groups excluding carboxylic acids is 2. The highest BCUT2D eigenvalue weighted by atomic mass is 32.2. The van der Waals surface area contributed by atoms with Gasteiger partial charge in [0.25, 0.3) is 0 Å². The van der Waals surface area contributed by atoms with Crippen molar-refractivity contribution in [2.24, 2.45) is 11.8 Å². The number of carbonyl (C=O) groups is 2. The summed E-state index contributed by atoms with van der Waals surface area (Å²) < 4.78 is 0. The van der Waals surface area contributed by atoms with Crippen LogP contribution in [0.4, 0.5) is 0 Å². The van der Waals surface area contributed by atoms with Crippen LogP contribution >= 0.6 is 11.8 Å². The summed E-state index contributed by atoms with van der Waals surface area (Å²) >= 11 is 1.97. The second kappa shape index (κ2) is 6.19. The Morgan fingerprint density at radius 2 is 2.00 bits per heavy atom. The number of thioether (sulfide) groups is 1. The highest BCUT2D eigenvalue weighted by molar-refractivity contribution is 7.99. The van der Waals surface area contributed by atoms with Crippen LogP contribution in [0, 0.1) is 11.8 Å². The summed E-state index contributed by atoms with van der Waals surface area (Å²) in [6.45, 7) is 5.68.